The lowest BCUT2D eigenvalue weighted by molar-refractivity contribution is -0.136. The van der Waals surface area contributed by atoms with Crippen LogP contribution in [-0.2, 0) is 16.0 Å². The Labute approximate surface area is 154 Å². The van der Waals surface area contributed by atoms with Gasteiger partial charge in [-0.1, -0.05) is 49.6 Å². The highest BCUT2D eigenvalue weighted by atomic mass is 16.2. The summed E-state index contributed by atoms with van der Waals surface area (Å²) >= 11 is 0. The Morgan fingerprint density at radius 2 is 1.88 bits per heavy atom. The van der Waals surface area contributed by atoms with Gasteiger partial charge in [0.15, 0.2) is 0 Å². The quantitative estimate of drug-likeness (QED) is 0.767. The van der Waals surface area contributed by atoms with Crippen molar-refractivity contribution in [2.45, 2.75) is 63.5 Å². The van der Waals surface area contributed by atoms with Crippen molar-refractivity contribution < 1.29 is 14.4 Å². The molecule has 0 bridgehead atoms. The number of amides is 4. The van der Waals surface area contributed by atoms with E-state index in [1.54, 1.807) is 0 Å². The maximum Gasteiger partial charge on any atom is 0.325 e. The summed E-state index contributed by atoms with van der Waals surface area (Å²) in [5.41, 5.74) is 0.455. The molecule has 0 aromatic heterocycles. The van der Waals surface area contributed by atoms with Crippen molar-refractivity contribution in [2.75, 3.05) is 6.54 Å². The van der Waals surface area contributed by atoms with Gasteiger partial charge in [-0.3, -0.25) is 14.5 Å². The molecule has 2 N–H and O–H groups in total. The van der Waals surface area contributed by atoms with Crippen molar-refractivity contribution in [1.82, 2.24) is 15.5 Å². The van der Waals surface area contributed by atoms with E-state index in [4.69, 9.17) is 0 Å². The minimum atomic E-state index is -0.769. The van der Waals surface area contributed by atoms with Gasteiger partial charge in [-0.25, -0.2) is 4.79 Å². The number of nitrogens with zero attached hydrogens (tertiary/aromatic N) is 1. The molecular formula is C20H27N3O3. The second kappa shape index (κ2) is 7.89. The van der Waals surface area contributed by atoms with Gasteiger partial charge in [0.05, 0.1) is 0 Å². The van der Waals surface area contributed by atoms with Crippen molar-refractivity contribution in [1.29, 1.82) is 0 Å². The van der Waals surface area contributed by atoms with Crippen molar-refractivity contribution in [3.8, 4) is 0 Å². The van der Waals surface area contributed by atoms with Crippen molar-refractivity contribution >= 4 is 17.8 Å². The lowest BCUT2D eigenvalue weighted by Gasteiger charge is -2.30. The van der Waals surface area contributed by atoms with Gasteiger partial charge in [0.1, 0.15) is 12.1 Å². The van der Waals surface area contributed by atoms with E-state index >= 15 is 0 Å². The van der Waals surface area contributed by atoms with Crippen LogP contribution in [0, 0.1) is 0 Å². The van der Waals surface area contributed by atoms with Crippen LogP contribution in [-0.4, -0.2) is 40.9 Å². The molecule has 1 atom stereocenters. The number of rotatable bonds is 6. The van der Waals surface area contributed by atoms with Crippen LogP contribution in [0.4, 0.5) is 4.79 Å². The van der Waals surface area contributed by atoms with E-state index in [9.17, 15) is 14.4 Å². The maximum atomic E-state index is 12.7. The smallest absolute Gasteiger partial charge is 0.325 e. The minimum Gasteiger partial charge on any atom is -0.352 e. The fourth-order valence-electron chi connectivity index (χ4n) is 3.88. The van der Waals surface area contributed by atoms with Crippen LogP contribution in [0.1, 0.15) is 51.0 Å². The Hall–Kier alpha value is -2.37. The number of imide groups is 1. The maximum absolute atomic E-state index is 12.7. The number of benzene rings is 1. The van der Waals surface area contributed by atoms with E-state index in [0.717, 1.165) is 37.0 Å². The van der Waals surface area contributed by atoms with Crippen LogP contribution in [0.3, 0.4) is 0 Å². The third kappa shape index (κ3) is 4.06. The first-order valence-corrected chi connectivity index (χ1v) is 9.47. The second-order valence-electron chi connectivity index (χ2n) is 7.46. The number of urea groups is 1. The van der Waals surface area contributed by atoms with Crippen LogP contribution in [0.25, 0.3) is 0 Å². The van der Waals surface area contributed by atoms with Gasteiger partial charge in [0, 0.05) is 6.04 Å². The van der Waals surface area contributed by atoms with Gasteiger partial charge in [0.2, 0.25) is 5.91 Å². The number of nitrogens with one attached hydrogen (secondary N) is 2. The topological polar surface area (TPSA) is 78.5 Å². The summed E-state index contributed by atoms with van der Waals surface area (Å²) in [6, 6.07) is 9.63. The summed E-state index contributed by atoms with van der Waals surface area (Å²) in [6.07, 6.45) is 5.97. The average Bonchev–Trinajstić information content (AvgIpc) is 2.85. The SMILES string of the molecule is C[C@H](CCc1ccccc1)NC(=O)CN1C(=O)NC2(CCCCC2)C1=O. The molecule has 1 aliphatic carbocycles. The predicted molar refractivity (Wildman–Crippen MR) is 98.4 cm³/mol. The van der Waals surface area contributed by atoms with Crippen LogP contribution in [0.5, 0.6) is 0 Å². The summed E-state index contributed by atoms with van der Waals surface area (Å²) in [6.45, 7) is 1.73. The number of hydrogen-bond donors (Lipinski definition) is 2. The summed E-state index contributed by atoms with van der Waals surface area (Å²) < 4.78 is 0. The highest BCUT2D eigenvalue weighted by Crippen LogP contribution is 2.33. The molecule has 140 valence electrons. The normalized spacial score (nSPS) is 20.1. The van der Waals surface area contributed by atoms with Crippen LogP contribution < -0.4 is 10.6 Å². The standard InChI is InChI=1S/C20H27N3O3/c1-15(10-11-16-8-4-2-5-9-16)21-17(24)14-23-18(25)20(22-19(23)26)12-6-3-7-13-20/h2,4-5,8-9,15H,3,6-7,10-14H2,1H3,(H,21,24)(H,22,26)/t15-/m1/s1. The summed E-state index contributed by atoms with van der Waals surface area (Å²) in [5, 5.41) is 5.73. The molecule has 1 saturated heterocycles. The summed E-state index contributed by atoms with van der Waals surface area (Å²) in [4.78, 5) is 38.3. The molecule has 1 aliphatic heterocycles. The first-order valence-electron chi connectivity index (χ1n) is 9.47. The minimum absolute atomic E-state index is 0.0212. The van der Waals surface area contributed by atoms with Crippen LogP contribution >= 0.6 is 0 Å². The number of carbonyl (C=O) groups is 3. The summed E-state index contributed by atoms with van der Waals surface area (Å²) in [5.74, 6) is -0.531. The molecule has 26 heavy (non-hydrogen) atoms. The van der Waals surface area contributed by atoms with Gasteiger partial charge in [-0.2, -0.15) is 0 Å². The molecule has 3 rings (SSSR count). The van der Waals surface area contributed by atoms with E-state index in [0.29, 0.717) is 12.8 Å². The third-order valence-corrected chi connectivity index (χ3v) is 5.37. The Morgan fingerprint density at radius 1 is 1.19 bits per heavy atom. The van der Waals surface area contributed by atoms with Crippen LogP contribution in [0.15, 0.2) is 30.3 Å². The van der Waals surface area contributed by atoms with Crippen molar-refractivity contribution in [3.05, 3.63) is 35.9 Å². The largest absolute Gasteiger partial charge is 0.352 e. The first-order chi connectivity index (χ1) is 12.5. The highest BCUT2D eigenvalue weighted by Gasteiger charge is 2.51. The zero-order chi connectivity index (χ0) is 18.6. The first kappa shape index (κ1) is 18.4. The predicted octanol–water partition coefficient (Wildman–Crippen LogP) is 2.38. The second-order valence-corrected chi connectivity index (χ2v) is 7.46. The molecule has 2 fully saturated rings. The van der Waals surface area contributed by atoms with Gasteiger partial charge in [-0.05, 0) is 38.2 Å². The molecule has 1 aromatic rings. The third-order valence-electron chi connectivity index (χ3n) is 5.37. The number of aryl methyl sites for hydroxylation is 1. The Morgan fingerprint density at radius 3 is 2.58 bits per heavy atom. The lowest BCUT2D eigenvalue weighted by atomic mass is 9.82. The molecule has 0 unspecified atom stereocenters. The molecule has 6 nitrogen and oxygen atoms in total. The fourth-order valence-corrected chi connectivity index (χ4v) is 3.88. The Kier molecular flexibility index (Phi) is 5.59. The van der Waals surface area contributed by atoms with E-state index in [1.807, 2.05) is 25.1 Å². The van der Waals surface area contributed by atoms with Crippen LogP contribution in [0.2, 0.25) is 0 Å². The van der Waals surface area contributed by atoms with Gasteiger partial charge in [-0.15, -0.1) is 0 Å². The van der Waals surface area contributed by atoms with Gasteiger partial charge >= 0.3 is 6.03 Å². The molecule has 1 heterocycles. The molecule has 1 saturated carbocycles. The molecule has 4 amide bonds. The Balaban J connectivity index is 1.49. The monoisotopic (exact) mass is 357 g/mol. The fraction of sp³-hybridized carbons (Fsp3) is 0.550. The van der Waals surface area contributed by atoms with E-state index in [1.165, 1.54) is 5.56 Å². The molecule has 1 aromatic carbocycles. The van der Waals surface area contributed by atoms with Crippen molar-refractivity contribution in [2.24, 2.45) is 0 Å². The van der Waals surface area contributed by atoms with E-state index in [2.05, 4.69) is 22.8 Å². The molecular weight excluding hydrogens is 330 g/mol. The number of hydrogen-bond acceptors (Lipinski definition) is 3. The highest BCUT2D eigenvalue weighted by molar-refractivity contribution is 6.09. The molecule has 6 heteroatoms. The molecule has 1 spiro atoms. The van der Waals surface area contributed by atoms with Gasteiger partial charge < -0.3 is 10.6 Å². The zero-order valence-electron chi connectivity index (χ0n) is 15.3. The summed E-state index contributed by atoms with van der Waals surface area (Å²) in [7, 11) is 0. The van der Waals surface area contributed by atoms with E-state index in [-0.39, 0.29) is 24.4 Å². The lowest BCUT2D eigenvalue weighted by Crippen LogP contribution is -2.49. The van der Waals surface area contributed by atoms with E-state index < -0.39 is 11.6 Å². The zero-order valence-corrected chi connectivity index (χ0v) is 15.3. The molecule has 2 aliphatic rings. The Bertz CT molecular complexity index is 668. The van der Waals surface area contributed by atoms with Gasteiger partial charge in [0.25, 0.3) is 5.91 Å². The average molecular weight is 357 g/mol. The number of carbonyl (C=O) groups excluding carboxylic acids is 3. The van der Waals surface area contributed by atoms with Crippen molar-refractivity contribution in [3.63, 3.8) is 0 Å². The molecule has 0 radical (unpaired) electrons.